The van der Waals surface area contributed by atoms with Gasteiger partial charge in [-0.2, -0.15) is 0 Å². The van der Waals surface area contributed by atoms with E-state index in [4.69, 9.17) is 4.74 Å². The van der Waals surface area contributed by atoms with Crippen molar-refractivity contribution in [2.75, 3.05) is 20.2 Å². The maximum Gasteiger partial charge on any atom is 0.0702 e. The Labute approximate surface area is 98.8 Å². The van der Waals surface area contributed by atoms with Gasteiger partial charge in [0.05, 0.1) is 12.2 Å². The molecule has 1 heterocycles. The van der Waals surface area contributed by atoms with Crippen molar-refractivity contribution in [2.45, 2.75) is 57.3 Å². The lowest BCUT2D eigenvalue weighted by Crippen LogP contribution is -2.47. The van der Waals surface area contributed by atoms with Crippen LogP contribution in [0.25, 0.3) is 0 Å². The molecule has 94 valence electrons. The van der Waals surface area contributed by atoms with E-state index in [-0.39, 0.29) is 6.10 Å². The van der Waals surface area contributed by atoms with Crippen LogP contribution in [0.3, 0.4) is 0 Å². The zero-order valence-electron chi connectivity index (χ0n) is 10.6. The largest absolute Gasteiger partial charge is 0.391 e. The molecule has 2 rings (SSSR count). The molecule has 4 unspecified atom stereocenters. The first-order valence-corrected chi connectivity index (χ1v) is 6.66. The van der Waals surface area contributed by atoms with Crippen LogP contribution in [0.15, 0.2) is 0 Å². The number of aliphatic hydroxyl groups is 1. The molecule has 2 aliphatic rings. The van der Waals surface area contributed by atoms with Crippen molar-refractivity contribution in [1.82, 2.24) is 4.90 Å². The first-order valence-electron chi connectivity index (χ1n) is 6.66. The molecule has 0 aromatic rings. The van der Waals surface area contributed by atoms with E-state index in [0.29, 0.717) is 12.1 Å². The summed E-state index contributed by atoms with van der Waals surface area (Å²) in [6, 6.07) is 0.341. The molecule has 4 atom stereocenters. The van der Waals surface area contributed by atoms with E-state index in [1.807, 2.05) is 0 Å². The fourth-order valence-corrected chi connectivity index (χ4v) is 3.05. The standard InChI is InChI=1S/C13H25NO2/c1-10-5-6-13(15)12(8-10)14(2)9-11-4-3-7-16-11/h10-13,15H,3-9H2,1-2H3. The van der Waals surface area contributed by atoms with E-state index in [2.05, 4.69) is 18.9 Å². The Bertz CT molecular complexity index is 216. The van der Waals surface area contributed by atoms with Crippen molar-refractivity contribution >= 4 is 0 Å². The number of nitrogens with zero attached hydrogens (tertiary/aromatic N) is 1. The lowest BCUT2D eigenvalue weighted by atomic mass is 9.84. The molecule has 0 aromatic carbocycles. The average Bonchev–Trinajstić information content (AvgIpc) is 2.74. The summed E-state index contributed by atoms with van der Waals surface area (Å²) in [5.41, 5.74) is 0. The molecule has 0 aromatic heterocycles. The molecular weight excluding hydrogens is 202 g/mol. The third-order valence-electron chi connectivity index (χ3n) is 4.13. The maximum absolute atomic E-state index is 10.0. The lowest BCUT2D eigenvalue weighted by molar-refractivity contribution is -0.00617. The van der Waals surface area contributed by atoms with Crippen LogP contribution in [-0.2, 0) is 4.74 Å². The minimum Gasteiger partial charge on any atom is -0.391 e. The maximum atomic E-state index is 10.0. The Morgan fingerprint density at radius 2 is 2.12 bits per heavy atom. The highest BCUT2D eigenvalue weighted by molar-refractivity contribution is 4.85. The highest BCUT2D eigenvalue weighted by atomic mass is 16.5. The molecule has 0 spiro atoms. The van der Waals surface area contributed by atoms with E-state index >= 15 is 0 Å². The number of rotatable bonds is 3. The Balaban J connectivity index is 1.84. The number of hydrogen-bond donors (Lipinski definition) is 1. The highest BCUT2D eigenvalue weighted by Gasteiger charge is 2.31. The second-order valence-corrected chi connectivity index (χ2v) is 5.63. The molecule has 0 radical (unpaired) electrons. The normalized spacial score (nSPS) is 40.5. The molecule has 0 bridgehead atoms. The molecule has 3 nitrogen and oxygen atoms in total. The number of ether oxygens (including phenoxy) is 1. The molecule has 1 N–H and O–H groups in total. The van der Waals surface area contributed by atoms with Crippen LogP contribution >= 0.6 is 0 Å². The van der Waals surface area contributed by atoms with Gasteiger partial charge in [0.15, 0.2) is 0 Å². The second kappa shape index (κ2) is 5.48. The summed E-state index contributed by atoms with van der Waals surface area (Å²) in [5, 5.41) is 10.0. The molecule has 1 aliphatic heterocycles. The van der Waals surface area contributed by atoms with Crippen LogP contribution in [0, 0.1) is 5.92 Å². The monoisotopic (exact) mass is 227 g/mol. The van der Waals surface area contributed by atoms with Crippen LogP contribution in [0.4, 0.5) is 0 Å². The van der Waals surface area contributed by atoms with Gasteiger partial charge in [0.1, 0.15) is 0 Å². The summed E-state index contributed by atoms with van der Waals surface area (Å²) in [6.07, 6.45) is 5.90. The Morgan fingerprint density at radius 3 is 2.81 bits per heavy atom. The molecule has 1 aliphatic carbocycles. The van der Waals surface area contributed by atoms with Crippen molar-refractivity contribution in [1.29, 1.82) is 0 Å². The van der Waals surface area contributed by atoms with Gasteiger partial charge >= 0.3 is 0 Å². The fourth-order valence-electron chi connectivity index (χ4n) is 3.05. The third kappa shape index (κ3) is 2.96. The first kappa shape index (κ1) is 12.3. The van der Waals surface area contributed by atoms with Crippen molar-refractivity contribution < 1.29 is 9.84 Å². The van der Waals surface area contributed by atoms with Crippen LogP contribution < -0.4 is 0 Å². The highest BCUT2D eigenvalue weighted by Crippen LogP contribution is 2.28. The lowest BCUT2D eigenvalue weighted by Gasteiger charge is -2.38. The van der Waals surface area contributed by atoms with Crippen LogP contribution in [0.1, 0.15) is 39.0 Å². The Kier molecular flexibility index (Phi) is 4.22. The smallest absolute Gasteiger partial charge is 0.0702 e. The predicted molar refractivity (Wildman–Crippen MR) is 64.4 cm³/mol. The van der Waals surface area contributed by atoms with E-state index < -0.39 is 0 Å². The molecule has 16 heavy (non-hydrogen) atoms. The summed E-state index contributed by atoms with van der Waals surface area (Å²) in [6.45, 7) is 4.19. The Hall–Kier alpha value is -0.120. The van der Waals surface area contributed by atoms with Crippen molar-refractivity contribution in [3.63, 3.8) is 0 Å². The average molecular weight is 227 g/mol. The minimum absolute atomic E-state index is 0.136. The third-order valence-corrected chi connectivity index (χ3v) is 4.13. The summed E-state index contributed by atoms with van der Waals surface area (Å²) >= 11 is 0. The minimum atomic E-state index is -0.136. The summed E-state index contributed by atoms with van der Waals surface area (Å²) in [5.74, 6) is 0.750. The van der Waals surface area contributed by atoms with Crippen LogP contribution in [0.2, 0.25) is 0 Å². The van der Waals surface area contributed by atoms with Gasteiger partial charge in [-0.25, -0.2) is 0 Å². The summed E-state index contributed by atoms with van der Waals surface area (Å²) < 4.78 is 5.65. The fraction of sp³-hybridized carbons (Fsp3) is 1.00. The van der Waals surface area contributed by atoms with E-state index in [9.17, 15) is 5.11 Å². The van der Waals surface area contributed by atoms with Gasteiger partial charge in [-0.15, -0.1) is 0 Å². The molecular formula is C13H25NO2. The van der Waals surface area contributed by atoms with Gasteiger partial charge in [0.2, 0.25) is 0 Å². The second-order valence-electron chi connectivity index (χ2n) is 5.63. The summed E-state index contributed by atoms with van der Waals surface area (Å²) in [7, 11) is 2.13. The number of likely N-dealkylation sites (N-methyl/N-ethyl adjacent to an activating group) is 1. The van der Waals surface area contributed by atoms with Gasteiger partial charge < -0.3 is 9.84 Å². The zero-order valence-corrected chi connectivity index (χ0v) is 10.6. The molecule has 3 heteroatoms. The van der Waals surface area contributed by atoms with E-state index in [0.717, 1.165) is 31.9 Å². The molecule has 2 fully saturated rings. The quantitative estimate of drug-likeness (QED) is 0.795. The van der Waals surface area contributed by atoms with Gasteiger partial charge in [-0.1, -0.05) is 6.92 Å². The van der Waals surface area contributed by atoms with E-state index in [1.54, 1.807) is 0 Å². The SMILES string of the molecule is CC1CCC(O)C(N(C)CC2CCCO2)C1. The van der Waals surface area contributed by atoms with Crippen molar-refractivity contribution in [3.05, 3.63) is 0 Å². The first-order chi connectivity index (χ1) is 7.66. The van der Waals surface area contributed by atoms with E-state index in [1.165, 1.54) is 19.3 Å². The molecule has 1 saturated carbocycles. The van der Waals surface area contributed by atoms with Crippen molar-refractivity contribution in [2.24, 2.45) is 5.92 Å². The van der Waals surface area contributed by atoms with Gasteiger partial charge in [-0.3, -0.25) is 4.90 Å². The predicted octanol–water partition coefficient (Wildman–Crippen LogP) is 1.65. The van der Waals surface area contributed by atoms with Crippen molar-refractivity contribution in [3.8, 4) is 0 Å². The summed E-state index contributed by atoms with van der Waals surface area (Å²) in [4.78, 5) is 2.32. The number of aliphatic hydroxyl groups excluding tert-OH is 1. The van der Waals surface area contributed by atoms with Crippen LogP contribution in [0.5, 0.6) is 0 Å². The van der Waals surface area contributed by atoms with Crippen LogP contribution in [-0.4, -0.2) is 48.5 Å². The topological polar surface area (TPSA) is 32.7 Å². The Morgan fingerprint density at radius 1 is 1.31 bits per heavy atom. The number of hydrogen-bond acceptors (Lipinski definition) is 3. The van der Waals surface area contributed by atoms with Gasteiger partial charge in [-0.05, 0) is 45.1 Å². The van der Waals surface area contributed by atoms with Gasteiger partial charge in [0, 0.05) is 19.2 Å². The zero-order chi connectivity index (χ0) is 11.5. The van der Waals surface area contributed by atoms with Gasteiger partial charge in [0.25, 0.3) is 0 Å². The molecule has 1 saturated heterocycles. The molecule has 0 amide bonds.